The van der Waals surface area contributed by atoms with Gasteiger partial charge in [0.1, 0.15) is 5.76 Å². The number of hydrogen-bond donors (Lipinski definition) is 2. The molecular weight excluding hydrogens is 252 g/mol. The number of nitrogens with one attached hydrogen (secondary N) is 1. The van der Waals surface area contributed by atoms with Gasteiger partial charge in [-0.2, -0.15) is 0 Å². The van der Waals surface area contributed by atoms with Crippen LogP contribution in [0.2, 0.25) is 0 Å². The number of carbonyl (C=O) groups excluding carboxylic acids is 1. The lowest BCUT2D eigenvalue weighted by molar-refractivity contribution is 0.0999. The number of hydrogen-bond acceptors (Lipinski definition) is 3. The average Bonchev–Trinajstić information content (AvgIpc) is 2.91. The van der Waals surface area contributed by atoms with Crippen molar-refractivity contribution in [3.05, 3.63) is 53.5 Å². The Bertz CT molecular complexity index is 576. The number of amides is 1. The first-order valence-electron chi connectivity index (χ1n) is 6.75. The van der Waals surface area contributed by atoms with E-state index in [1.807, 2.05) is 31.2 Å². The predicted molar refractivity (Wildman–Crippen MR) is 79.8 cm³/mol. The number of nitrogens with two attached hydrogens (primary N) is 1. The highest BCUT2D eigenvalue weighted by Gasteiger charge is 2.08. The number of anilines is 1. The third-order valence-corrected chi connectivity index (χ3v) is 3.32. The Kier molecular flexibility index (Phi) is 4.45. The highest BCUT2D eigenvalue weighted by atomic mass is 16.3. The molecule has 1 amide bonds. The number of aryl methyl sites for hydroxylation is 2. The van der Waals surface area contributed by atoms with Gasteiger partial charge >= 0.3 is 0 Å². The molecule has 1 aromatic heterocycles. The molecule has 0 bridgehead atoms. The summed E-state index contributed by atoms with van der Waals surface area (Å²) in [7, 11) is 0. The topological polar surface area (TPSA) is 68.3 Å². The van der Waals surface area contributed by atoms with Crippen molar-refractivity contribution < 1.29 is 9.21 Å². The minimum Gasteiger partial charge on any atom is -0.469 e. The van der Waals surface area contributed by atoms with Gasteiger partial charge in [0.15, 0.2) is 0 Å². The molecular formula is C16H20N2O2. The Morgan fingerprint density at radius 1 is 1.40 bits per heavy atom. The van der Waals surface area contributed by atoms with E-state index in [4.69, 9.17) is 10.2 Å². The Balaban J connectivity index is 1.95. The van der Waals surface area contributed by atoms with Crippen molar-refractivity contribution in [2.45, 2.75) is 32.7 Å². The van der Waals surface area contributed by atoms with Crippen molar-refractivity contribution in [2.75, 3.05) is 5.32 Å². The molecule has 0 saturated carbocycles. The smallest absolute Gasteiger partial charge is 0.249 e. The molecule has 1 heterocycles. The largest absolute Gasteiger partial charge is 0.469 e. The summed E-state index contributed by atoms with van der Waals surface area (Å²) in [6.45, 7) is 3.98. The van der Waals surface area contributed by atoms with E-state index < -0.39 is 5.91 Å². The second-order valence-corrected chi connectivity index (χ2v) is 5.06. The van der Waals surface area contributed by atoms with Gasteiger partial charge in [0.25, 0.3) is 0 Å². The van der Waals surface area contributed by atoms with Gasteiger partial charge in [0, 0.05) is 23.7 Å². The van der Waals surface area contributed by atoms with E-state index in [1.165, 1.54) is 0 Å². The quantitative estimate of drug-likeness (QED) is 0.849. The van der Waals surface area contributed by atoms with Crippen LogP contribution in [-0.2, 0) is 6.42 Å². The molecule has 0 aliphatic heterocycles. The lowest BCUT2D eigenvalue weighted by atomic mass is 10.1. The summed E-state index contributed by atoms with van der Waals surface area (Å²) in [6, 6.07) is 9.83. The van der Waals surface area contributed by atoms with Gasteiger partial charge in [-0.25, -0.2) is 0 Å². The van der Waals surface area contributed by atoms with Crippen molar-refractivity contribution in [3.8, 4) is 0 Å². The fourth-order valence-electron chi connectivity index (χ4n) is 2.15. The molecule has 0 aliphatic carbocycles. The third-order valence-electron chi connectivity index (χ3n) is 3.32. The molecule has 0 fully saturated rings. The summed E-state index contributed by atoms with van der Waals surface area (Å²) in [4.78, 5) is 11.3. The SMILES string of the molecule is Cc1ccc(N[C@H](C)CCc2ccco2)cc1C(N)=O. The van der Waals surface area contributed by atoms with Gasteiger partial charge in [0.2, 0.25) is 5.91 Å². The standard InChI is InChI=1S/C16H20N2O2/c1-11-5-7-13(10-15(11)16(17)19)18-12(2)6-8-14-4-3-9-20-14/h3-5,7,9-10,12,18H,6,8H2,1-2H3,(H2,17,19)/t12-/m1/s1. The molecule has 0 spiro atoms. The van der Waals surface area contributed by atoms with Crippen LogP contribution in [0.5, 0.6) is 0 Å². The molecule has 0 aliphatic rings. The van der Waals surface area contributed by atoms with E-state index in [0.717, 1.165) is 29.9 Å². The number of carbonyl (C=O) groups is 1. The second-order valence-electron chi connectivity index (χ2n) is 5.06. The molecule has 0 saturated heterocycles. The van der Waals surface area contributed by atoms with Gasteiger partial charge in [-0.15, -0.1) is 0 Å². The Hall–Kier alpha value is -2.23. The first-order chi connectivity index (χ1) is 9.56. The molecule has 0 radical (unpaired) electrons. The minimum atomic E-state index is -0.394. The maximum atomic E-state index is 11.3. The molecule has 2 aromatic rings. The molecule has 0 unspecified atom stereocenters. The van der Waals surface area contributed by atoms with Gasteiger partial charge in [-0.05, 0) is 50.1 Å². The van der Waals surface area contributed by atoms with Crippen LogP contribution in [0.25, 0.3) is 0 Å². The van der Waals surface area contributed by atoms with Crippen LogP contribution in [0.4, 0.5) is 5.69 Å². The molecule has 20 heavy (non-hydrogen) atoms. The number of benzene rings is 1. The summed E-state index contributed by atoms with van der Waals surface area (Å²) in [5.41, 5.74) is 7.73. The van der Waals surface area contributed by atoms with Crippen molar-refractivity contribution in [3.63, 3.8) is 0 Å². The zero-order valence-corrected chi connectivity index (χ0v) is 11.8. The highest BCUT2D eigenvalue weighted by molar-refractivity contribution is 5.95. The third kappa shape index (κ3) is 3.63. The number of rotatable bonds is 6. The molecule has 3 N–H and O–H groups in total. The molecule has 106 valence electrons. The van der Waals surface area contributed by atoms with Crippen molar-refractivity contribution >= 4 is 11.6 Å². The van der Waals surface area contributed by atoms with Crippen LogP contribution in [0.15, 0.2) is 41.0 Å². The van der Waals surface area contributed by atoms with Gasteiger partial charge < -0.3 is 15.5 Å². The maximum absolute atomic E-state index is 11.3. The Morgan fingerprint density at radius 3 is 2.85 bits per heavy atom. The normalized spacial score (nSPS) is 12.1. The minimum absolute atomic E-state index is 0.281. The molecule has 4 heteroatoms. The Labute approximate surface area is 119 Å². The zero-order valence-electron chi connectivity index (χ0n) is 11.8. The highest BCUT2D eigenvalue weighted by Crippen LogP contribution is 2.17. The maximum Gasteiger partial charge on any atom is 0.249 e. The summed E-state index contributed by atoms with van der Waals surface area (Å²) < 4.78 is 5.31. The lowest BCUT2D eigenvalue weighted by Gasteiger charge is -2.15. The van der Waals surface area contributed by atoms with Crippen LogP contribution in [0.3, 0.4) is 0 Å². The van der Waals surface area contributed by atoms with E-state index in [1.54, 1.807) is 12.3 Å². The van der Waals surface area contributed by atoms with Crippen LogP contribution in [-0.4, -0.2) is 11.9 Å². The zero-order chi connectivity index (χ0) is 14.5. The first kappa shape index (κ1) is 14.2. The second kappa shape index (κ2) is 6.28. The van der Waals surface area contributed by atoms with Crippen molar-refractivity contribution in [1.82, 2.24) is 0 Å². The van der Waals surface area contributed by atoms with E-state index in [-0.39, 0.29) is 6.04 Å². The van der Waals surface area contributed by atoms with E-state index >= 15 is 0 Å². The van der Waals surface area contributed by atoms with Crippen molar-refractivity contribution in [1.29, 1.82) is 0 Å². The number of primary amides is 1. The Morgan fingerprint density at radius 2 is 2.20 bits per heavy atom. The summed E-state index contributed by atoms with van der Waals surface area (Å²) in [6.07, 6.45) is 3.52. The van der Waals surface area contributed by atoms with Crippen LogP contribution < -0.4 is 11.1 Å². The van der Waals surface area contributed by atoms with Gasteiger partial charge in [-0.1, -0.05) is 6.07 Å². The summed E-state index contributed by atoms with van der Waals surface area (Å²) >= 11 is 0. The van der Waals surface area contributed by atoms with Gasteiger partial charge in [0.05, 0.1) is 6.26 Å². The van der Waals surface area contributed by atoms with Crippen LogP contribution >= 0.6 is 0 Å². The summed E-state index contributed by atoms with van der Waals surface area (Å²) in [5.74, 6) is 0.592. The molecule has 2 rings (SSSR count). The first-order valence-corrected chi connectivity index (χ1v) is 6.75. The molecule has 1 atom stereocenters. The molecule has 4 nitrogen and oxygen atoms in total. The fraction of sp³-hybridized carbons (Fsp3) is 0.312. The van der Waals surface area contributed by atoms with E-state index in [0.29, 0.717) is 5.56 Å². The van der Waals surface area contributed by atoms with E-state index in [9.17, 15) is 4.79 Å². The average molecular weight is 272 g/mol. The molecule has 1 aromatic carbocycles. The number of furan rings is 1. The van der Waals surface area contributed by atoms with Crippen LogP contribution in [0, 0.1) is 6.92 Å². The lowest BCUT2D eigenvalue weighted by Crippen LogP contribution is -2.17. The predicted octanol–water partition coefficient (Wildman–Crippen LogP) is 3.12. The van der Waals surface area contributed by atoms with Crippen molar-refractivity contribution in [2.24, 2.45) is 5.73 Å². The fourth-order valence-corrected chi connectivity index (χ4v) is 2.15. The van der Waals surface area contributed by atoms with Gasteiger partial charge in [-0.3, -0.25) is 4.79 Å². The monoisotopic (exact) mass is 272 g/mol. The van der Waals surface area contributed by atoms with E-state index in [2.05, 4.69) is 12.2 Å². The summed E-state index contributed by atoms with van der Waals surface area (Å²) in [5, 5.41) is 3.38. The van der Waals surface area contributed by atoms with Crippen LogP contribution in [0.1, 0.15) is 35.0 Å².